The normalized spacial score (nSPS) is 20.4. The summed E-state index contributed by atoms with van der Waals surface area (Å²) in [5.41, 5.74) is 0. The Bertz CT molecular complexity index is 678. The van der Waals surface area contributed by atoms with Gasteiger partial charge in [-0.15, -0.1) is 0 Å². The number of phenols is 1. The number of nitrogens with zero attached hydrogens (tertiary/aromatic N) is 1. The molecule has 21 heavy (non-hydrogen) atoms. The molecule has 1 aliphatic rings. The van der Waals surface area contributed by atoms with Crippen LogP contribution in [-0.4, -0.2) is 41.5 Å². The molecule has 0 unspecified atom stereocenters. The molecule has 1 atom stereocenters. The maximum Gasteiger partial charge on any atom is 0.322 e. The van der Waals surface area contributed by atoms with Gasteiger partial charge >= 0.3 is 5.97 Å². The van der Waals surface area contributed by atoms with Gasteiger partial charge < -0.3 is 10.2 Å². The van der Waals surface area contributed by atoms with E-state index in [2.05, 4.69) is 0 Å². The fourth-order valence-electron chi connectivity index (χ4n) is 2.30. The second kappa shape index (κ2) is 5.78. The van der Waals surface area contributed by atoms with Crippen molar-refractivity contribution in [2.45, 2.75) is 30.2 Å². The topological polar surface area (TPSA) is 94.9 Å². The molecule has 6 nitrogen and oxygen atoms in total. The fraction of sp³-hybridized carbons (Fsp3) is 0.417. The van der Waals surface area contributed by atoms with E-state index in [0.29, 0.717) is 18.9 Å². The largest absolute Gasteiger partial charge is 0.505 e. The van der Waals surface area contributed by atoms with Crippen LogP contribution in [0.3, 0.4) is 0 Å². The lowest BCUT2D eigenvalue weighted by molar-refractivity contribution is -0.142. The number of rotatable bonds is 3. The lowest BCUT2D eigenvalue weighted by Gasteiger charge is -2.32. The van der Waals surface area contributed by atoms with Gasteiger partial charge in [-0.3, -0.25) is 4.79 Å². The Morgan fingerprint density at radius 1 is 1.38 bits per heavy atom. The minimum atomic E-state index is -4.35. The highest BCUT2D eigenvalue weighted by atomic mass is 35.5. The average molecular weight is 338 g/mol. The van der Waals surface area contributed by atoms with Gasteiger partial charge in [0.15, 0.2) is 5.75 Å². The third-order valence-electron chi connectivity index (χ3n) is 3.32. The summed E-state index contributed by atoms with van der Waals surface area (Å²) in [4.78, 5) is 10.5. The number of benzene rings is 1. The molecular weight excluding hydrogens is 325 g/mol. The van der Waals surface area contributed by atoms with Crippen molar-refractivity contribution in [2.75, 3.05) is 6.54 Å². The molecular formula is C12H13ClFNO5S. The van der Waals surface area contributed by atoms with Crippen LogP contribution in [0.5, 0.6) is 5.75 Å². The van der Waals surface area contributed by atoms with Crippen molar-refractivity contribution in [3.8, 4) is 5.75 Å². The van der Waals surface area contributed by atoms with Crippen LogP contribution in [0.25, 0.3) is 0 Å². The lowest BCUT2D eigenvalue weighted by atomic mass is 10.1. The van der Waals surface area contributed by atoms with Crippen LogP contribution in [-0.2, 0) is 14.8 Å². The van der Waals surface area contributed by atoms with E-state index < -0.39 is 43.5 Å². The van der Waals surface area contributed by atoms with Crippen molar-refractivity contribution < 1.29 is 27.8 Å². The number of hydrogen-bond acceptors (Lipinski definition) is 4. The Kier molecular flexibility index (Phi) is 4.40. The van der Waals surface area contributed by atoms with Crippen molar-refractivity contribution in [2.24, 2.45) is 0 Å². The molecule has 1 aromatic rings. The molecule has 0 aliphatic carbocycles. The van der Waals surface area contributed by atoms with Crippen molar-refractivity contribution in [1.82, 2.24) is 4.31 Å². The highest BCUT2D eigenvalue weighted by Gasteiger charge is 2.39. The van der Waals surface area contributed by atoms with Gasteiger partial charge in [0.05, 0.1) is 5.02 Å². The first-order chi connectivity index (χ1) is 9.75. The molecule has 0 saturated carbocycles. The summed E-state index contributed by atoms with van der Waals surface area (Å²) in [6.45, 7) is -0.00707. The van der Waals surface area contributed by atoms with Gasteiger partial charge in [0.2, 0.25) is 10.0 Å². The minimum absolute atomic E-state index is 0.00707. The lowest BCUT2D eigenvalue weighted by Crippen LogP contribution is -2.47. The number of phenolic OH excluding ortho intramolecular Hbond substituents is 1. The molecule has 0 aromatic heterocycles. The second-order valence-electron chi connectivity index (χ2n) is 4.70. The van der Waals surface area contributed by atoms with Gasteiger partial charge in [-0.2, -0.15) is 4.31 Å². The number of carboxylic acid groups (broad SMARTS) is 1. The molecule has 0 radical (unpaired) electrons. The first kappa shape index (κ1) is 16.0. The number of hydrogen-bond donors (Lipinski definition) is 2. The molecule has 116 valence electrons. The SMILES string of the molecule is O=C(O)[C@@H]1CCCCN1S(=O)(=O)c1cc(F)cc(Cl)c1O. The number of carbonyl (C=O) groups is 1. The predicted octanol–water partition coefficient (Wildman–Crippen LogP) is 1.81. The van der Waals surface area contributed by atoms with Crippen molar-refractivity contribution in [1.29, 1.82) is 0 Å². The zero-order valence-electron chi connectivity index (χ0n) is 10.8. The molecule has 1 aliphatic heterocycles. The Hall–Kier alpha value is -1.38. The predicted molar refractivity (Wildman–Crippen MR) is 72.2 cm³/mol. The van der Waals surface area contributed by atoms with E-state index in [1.807, 2.05) is 0 Å². The minimum Gasteiger partial charge on any atom is -0.505 e. The summed E-state index contributed by atoms with van der Waals surface area (Å²) in [5, 5.41) is 18.4. The van der Waals surface area contributed by atoms with Crippen molar-refractivity contribution >= 4 is 27.6 Å². The quantitative estimate of drug-likeness (QED) is 0.877. The Balaban J connectivity index is 2.53. The smallest absolute Gasteiger partial charge is 0.322 e. The highest BCUT2D eigenvalue weighted by molar-refractivity contribution is 7.89. The van der Waals surface area contributed by atoms with E-state index in [9.17, 15) is 22.7 Å². The summed E-state index contributed by atoms with van der Waals surface area (Å²) < 4.78 is 39.1. The van der Waals surface area contributed by atoms with Crippen LogP contribution in [0, 0.1) is 5.82 Å². The van der Waals surface area contributed by atoms with E-state index in [0.717, 1.165) is 10.4 Å². The molecule has 9 heteroatoms. The number of piperidine rings is 1. The molecule has 1 fully saturated rings. The Morgan fingerprint density at radius 3 is 2.67 bits per heavy atom. The molecule has 2 rings (SSSR count). The maximum atomic E-state index is 13.4. The van der Waals surface area contributed by atoms with Crippen LogP contribution in [0.15, 0.2) is 17.0 Å². The Morgan fingerprint density at radius 2 is 2.05 bits per heavy atom. The monoisotopic (exact) mass is 337 g/mol. The molecule has 1 saturated heterocycles. The summed E-state index contributed by atoms with van der Waals surface area (Å²) in [7, 11) is -4.35. The number of aromatic hydroxyl groups is 1. The number of aliphatic carboxylic acids is 1. The van der Waals surface area contributed by atoms with E-state index in [1.165, 1.54) is 0 Å². The molecule has 1 aromatic carbocycles. The van der Waals surface area contributed by atoms with Gasteiger partial charge in [-0.1, -0.05) is 11.6 Å². The van der Waals surface area contributed by atoms with Gasteiger partial charge in [0.1, 0.15) is 16.8 Å². The molecule has 0 bridgehead atoms. The van der Waals surface area contributed by atoms with Crippen LogP contribution < -0.4 is 0 Å². The van der Waals surface area contributed by atoms with Gasteiger partial charge in [0.25, 0.3) is 0 Å². The van der Waals surface area contributed by atoms with Gasteiger partial charge in [0, 0.05) is 6.54 Å². The van der Waals surface area contributed by atoms with Gasteiger partial charge in [-0.05, 0) is 31.4 Å². The van der Waals surface area contributed by atoms with Crippen LogP contribution in [0.1, 0.15) is 19.3 Å². The molecule has 1 heterocycles. The van der Waals surface area contributed by atoms with E-state index in [1.54, 1.807) is 0 Å². The van der Waals surface area contributed by atoms with Crippen molar-refractivity contribution in [3.05, 3.63) is 23.0 Å². The van der Waals surface area contributed by atoms with Crippen molar-refractivity contribution in [3.63, 3.8) is 0 Å². The molecule has 0 amide bonds. The zero-order chi connectivity index (χ0) is 15.8. The average Bonchev–Trinajstić information content (AvgIpc) is 2.42. The third kappa shape index (κ3) is 2.97. The van der Waals surface area contributed by atoms with Crippen LogP contribution in [0.4, 0.5) is 4.39 Å². The first-order valence-corrected chi connectivity index (χ1v) is 7.99. The highest BCUT2D eigenvalue weighted by Crippen LogP contribution is 2.35. The number of sulfonamides is 1. The fourth-order valence-corrected chi connectivity index (χ4v) is 4.34. The first-order valence-electron chi connectivity index (χ1n) is 6.18. The summed E-state index contributed by atoms with van der Waals surface area (Å²) in [6, 6.07) is 0.176. The van der Waals surface area contributed by atoms with E-state index >= 15 is 0 Å². The summed E-state index contributed by atoms with van der Waals surface area (Å²) in [5.74, 6) is -2.99. The van der Waals surface area contributed by atoms with Crippen LogP contribution >= 0.6 is 11.6 Å². The second-order valence-corrected chi connectivity index (χ2v) is 6.97. The standard InChI is InChI=1S/C12H13ClFNO5S/c13-8-5-7(14)6-10(11(8)16)21(19,20)15-4-2-1-3-9(15)12(17)18/h5-6,9,16H,1-4H2,(H,17,18)/t9-/m0/s1. The van der Waals surface area contributed by atoms with Gasteiger partial charge in [-0.25, -0.2) is 12.8 Å². The zero-order valence-corrected chi connectivity index (χ0v) is 12.4. The van der Waals surface area contributed by atoms with Crippen LogP contribution in [0.2, 0.25) is 5.02 Å². The molecule has 2 N–H and O–H groups in total. The van der Waals surface area contributed by atoms with E-state index in [4.69, 9.17) is 16.7 Å². The summed E-state index contributed by atoms with van der Waals surface area (Å²) >= 11 is 5.57. The number of carboxylic acids is 1. The maximum absolute atomic E-state index is 13.4. The van der Waals surface area contributed by atoms with E-state index in [-0.39, 0.29) is 13.0 Å². The third-order valence-corrected chi connectivity index (χ3v) is 5.53. The number of halogens is 2. The summed E-state index contributed by atoms with van der Waals surface area (Å²) in [6.07, 6.45) is 1.24. The molecule has 0 spiro atoms. The Labute approximate surface area is 125 Å².